The van der Waals surface area contributed by atoms with E-state index in [0.717, 1.165) is 12.1 Å². The summed E-state index contributed by atoms with van der Waals surface area (Å²) in [4.78, 5) is 52.7. The monoisotopic (exact) mass is 619 g/mol. The van der Waals surface area contributed by atoms with Crippen molar-refractivity contribution in [3.63, 3.8) is 0 Å². The summed E-state index contributed by atoms with van der Waals surface area (Å²) in [5.41, 5.74) is 0.181. The number of amides is 2. The van der Waals surface area contributed by atoms with Crippen LogP contribution in [-0.2, 0) is 14.4 Å². The number of nitrogens with one attached hydrogen (secondary N) is 2. The first-order valence-corrected chi connectivity index (χ1v) is 14.8. The van der Waals surface area contributed by atoms with Crippen molar-refractivity contribution in [1.29, 1.82) is 0 Å². The molecule has 2 amide bonds. The third kappa shape index (κ3) is 8.54. The highest BCUT2D eigenvalue weighted by Crippen LogP contribution is 2.33. The summed E-state index contributed by atoms with van der Waals surface area (Å²) in [5, 5.41) is 13.0. The Morgan fingerprint density at radius 2 is 1.63 bits per heavy atom. The molecule has 0 aromatic heterocycles. The van der Waals surface area contributed by atoms with E-state index in [2.05, 4.69) is 15.9 Å². The number of likely N-dealkylation sites (N-methyl/N-ethyl adjacent to an activating group) is 1. The second-order valence-electron chi connectivity index (χ2n) is 9.28. The van der Waals surface area contributed by atoms with Crippen molar-refractivity contribution in [2.75, 3.05) is 38.8 Å². The van der Waals surface area contributed by atoms with Gasteiger partial charge in [-0.15, -0.1) is 0 Å². The van der Waals surface area contributed by atoms with E-state index in [0.29, 0.717) is 27.7 Å². The lowest BCUT2D eigenvalue weighted by molar-refractivity contribution is 0.0482. The van der Waals surface area contributed by atoms with Crippen molar-refractivity contribution in [3.05, 3.63) is 86.9 Å². The second kappa shape index (κ2) is 13.2. The lowest BCUT2D eigenvalue weighted by atomic mass is 10.0. The first kappa shape index (κ1) is 31.6. The summed E-state index contributed by atoms with van der Waals surface area (Å²) in [6.07, 6.45) is 1.21. The number of carbonyl (C=O) groups is 4. The first-order chi connectivity index (χ1) is 19.2. The van der Waals surface area contributed by atoms with Crippen LogP contribution in [0.4, 0.5) is 5.69 Å². The van der Waals surface area contributed by atoms with Gasteiger partial charge in [-0.1, -0.05) is 35.3 Å². The van der Waals surface area contributed by atoms with Gasteiger partial charge in [-0.3, -0.25) is 14.3 Å². The zero-order chi connectivity index (χ0) is 30.5. The van der Waals surface area contributed by atoms with Crippen LogP contribution in [0.5, 0.6) is 0 Å². The largest absolute Gasteiger partial charge is 0.478 e. The van der Waals surface area contributed by atoms with E-state index in [-0.39, 0.29) is 29.0 Å². The molecule has 0 aliphatic heterocycles. The summed E-state index contributed by atoms with van der Waals surface area (Å²) >= 11 is 12.4. The Balaban J connectivity index is 2.07. The quantitative estimate of drug-likeness (QED) is 0.225. The first-order valence-electron chi connectivity index (χ1n) is 11.9. The van der Waals surface area contributed by atoms with E-state index in [4.69, 9.17) is 27.9 Å². The van der Waals surface area contributed by atoms with Crippen molar-refractivity contribution in [2.24, 2.45) is 0 Å². The van der Waals surface area contributed by atoms with Crippen LogP contribution < -0.4 is 10.0 Å². The van der Waals surface area contributed by atoms with Gasteiger partial charge in [0.2, 0.25) is 0 Å². The fourth-order valence-electron chi connectivity index (χ4n) is 3.62. The number of carboxylic acid groups (broad SMARTS) is 1. The minimum absolute atomic E-state index is 0.000469. The summed E-state index contributed by atoms with van der Waals surface area (Å²) in [5.74, 6) is -0.540. The number of ether oxygens (including phenoxy) is 1. The Labute approximate surface area is 247 Å². The number of anilines is 1. The average molecular weight is 621 g/mol. The number of hydrogen-bond donors (Lipinski definition) is 3. The minimum Gasteiger partial charge on any atom is -0.478 e. The maximum atomic E-state index is 13.5. The summed E-state index contributed by atoms with van der Waals surface area (Å²) in [6, 6.07) is 12.7. The van der Waals surface area contributed by atoms with Gasteiger partial charge in [0.05, 0.1) is 22.4 Å². The van der Waals surface area contributed by atoms with Crippen LogP contribution in [0.15, 0.2) is 54.6 Å². The van der Waals surface area contributed by atoms with Gasteiger partial charge >= 0.3 is 11.9 Å². The zero-order valence-corrected chi connectivity index (χ0v) is 24.7. The predicted molar refractivity (Wildman–Crippen MR) is 161 cm³/mol. The molecule has 13 heteroatoms. The predicted octanol–water partition coefficient (Wildman–Crippen LogP) is 4.32. The fraction of sp³-hybridized carbons (Fsp3) is 0.179. The van der Waals surface area contributed by atoms with Crippen molar-refractivity contribution < 1.29 is 33.2 Å². The molecule has 0 heterocycles. The molecule has 0 aliphatic rings. The number of halogens is 2. The molecule has 0 bridgehead atoms. The number of rotatable bonds is 10. The van der Waals surface area contributed by atoms with E-state index in [1.807, 2.05) is 19.0 Å². The molecule has 0 saturated carbocycles. The maximum absolute atomic E-state index is 13.5. The van der Waals surface area contributed by atoms with Crippen LogP contribution in [0.3, 0.4) is 0 Å². The van der Waals surface area contributed by atoms with Gasteiger partial charge in [0, 0.05) is 43.7 Å². The smallest absolute Gasteiger partial charge is 0.340 e. The van der Waals surface area contributed by atoms with Crippen LogP contribution >= 0.6 is 23.2 Å². The number of benzene rings is 3. The third-order valence-electron chi connectivity index (χ3n) is 5.57. The van der Waals surface area contributed by atoms with Gasteiger partial charge < -0.3 is 20.1 Å². The molecular formula is C28H27Cl2N3O7S. The number of aromatic carboxylic acids is 1. The van der Waals surface area contributed by atoms with Gasteiger partial charge in [-0.25, -0.2) is 13.8 Å². The molecule has 216 valence electrons. The SMILES string of the molecule is C=S(C)(=O)NC(=O)c1ccc(C(=O)O)c(C(=O)Nc2cc(-c3ccc(Cl)cc3Cl)ccc2C(=O)OCCN(C)C)c1. The average Bonchev–Trinajstić information content (AvgIpc) is 2.87. The molecule has 1 unspecified atom stereocenters. The molecule has 3 N–H and O–H groups in total. The molecular weight excluding hydrogens is 593 g/mol. The van der Waals surface area contributed by atoms with Crippen LogP contribution in [-0.4, -0.2) is 77.3 Å². The van der Waals surface area contributed by atoms with Crippen molar-refractivity contribution in [1.82, 2.24) is 9.62 Å². The molecule has 10 nitrogen and oxygen atoms in total. The van der Waals surface area contributed by atoms with E-state index in [1.54, 1.807) is 18.2 Å². The Kier molecular flexibility index (Phi) is 10.2. The van der Waals surface area contributed by atoms with Gasteiger partial charge in [-0.05, 0) is 68.0 Å². The number of esters is 1. The highest BCUT2D eigenvalue weighted by Gasteiger charge is 2.23. The second-order valence-corrected chi connectivity index (χ2v) is 12.3. The minimum atomic E-state index is -2.94. The van der Waals surface area contributed by atoms with E-state index in [1.165, 1.54) is 30.5 Å². The molecule has 0 fully saturated rings. The molecule has 0 aliphatic carbocycles. The number of nitrogens with zero attached hydrogens (tertiary/aromatic N) is 1. The summed E-state index contributed by atoms with van der Waals surface area (Å²) in [6.45, 7) is 0.539. The van der Waals surface area contributed by atoms with Crippen molar-refractivity contribution >= 4 is 68.2 Å². The Hall–Kier alpha value is -3.90. The number of hydrogen-bond acceptors (Lipinski definition) is 7. The van der Waals surface area contributed by atoms with Gasteiger partial charge in [0.15, 0.2) is 0 Å². The van der Waals surface area contributed by atoms with Crippen LogP contribution in [0.2, 0.25) is 10.0 Å². The molecule has 41 heavy (non-hydrogen) atoms. The van der Waals surface area contributed by atoms with Gasteiger partial charge in [-0.2, -0.15) is 0 Å². The van der Waals surface area contributed by atoms with Crippen LogP contribution in [0, 0.1) is 0 Å². The van der Waals surface area contributed by atoms with E-state index in [9.17, 15) is 28.5 Å². The zero-order valence-electron chi connectivity index (χ0n) is 22.3. The number of carbonyl (C=O) groups excluding carboxylic acids is 3. The Morgan fingerprint density at radius 1 is 0.951 bits per heavy atom. The Bertz CT molecular complexity index is 1640. The van der Waals surface area contributed by atoms with Crippen LogP contribution in [0.1, 0.15) is 41.4 Å². The molecule has 3 aromatic rings. The molecule has 3 aromatic carbocycles. The highest BCUT2D eigenvalue weighted by molar-refractivity contribution is 7.98. The van der Waals surface area contributed by atoms with Crippen molar-refractivity contribution in [3.8, 4) is 11.1 Å². The molecule has 0 saturated heterocycles. The molecule has 0 radical (unpaired) electrons. The van der Waals surface area contributed by atoms with E-state index >= 15 is 0 Å². The lowest BCUT2D eigenvalue weighted by Gasteiger charge is -2.16. The topological polar surface area (TPSA) is 142 Å². The van der Waals surface area contributed by atoms with Gasteiger partial charge in [0.25, 0.3) is 11.8 Å². The van der Waals surface area contributed by atoms with Gasteiger partial charge in [0.1, 0.15) is 6.61 Å². The molecule has 3 rings (SSSR count). The maximum Gasteiger partial charge on any atom is 0.340 e. The Morgan fingerprint density at radius 3 is 2.24 bits per heavy atom. The lowest BCUT2D eigenvalue weighted by Crippen LogP contribution is -2.29. The normalized spacial score (nSPS) is 12.3. The summed E-state index contributed by atoms with van der Waals surface area (Å²) < 4.78 is 19.5. The summed E-state index contributed by atoms with van der Waals surface area (Å²) in [7, 11) is 0.693. The number of carboxylic acids is 1. The standard InChI is InChI=1S/C28H27Cl2N3O7S/c1-33(2)11-12-40-28(38)21-9-5-16(19-10-7-18(29)15-23(19)30)14-24(21)31-26(35)22-13-17(6-8-20(22)27(36)37)25(34)32-41(3,4)39/h5-10,13-15H,3,11-12H2,1-2,4H3,(H,31,35)(H,36,37)(H,32,34,39). The fourth-order valence-corrected chi connectivity index (χ4v) is 4.65. The molecule has 0 spiro atoms. The molecule has 1 atom stereocenters. The third-order valence-corrected chi connectivity index (χ3v) is 6.73. The van der Waals surface area contributed by atoms with E-state index < -0.39 is 39.0 Å². The van der Waals surface area contributed by atoms with Crippen LogP contribution in [0.25, 0.3) is 11.1 Å². The highest BCUT2D eigenvalue weighted by atomic mass is 35.5. The van der Waals surface area contributed by atoms with Crippen molar-refractivity contribution in [2.45, 2.75) is 0 Å².